The number of fused-ring (bicyclic) bond motifs is 2. The van der Waals surface area contributed by atoms with Gasteiger partial charge in [0.15, 0.2) is 15.6 Å². The monoisotopic (exact) mass is 423 g/mol. The normalized spacial score (nSPS) is 11.6. The van der Waals surface area contributed by atoms with E-state index in [9.17, 15) is 13.2 Å². The number of hydrogen-bond acceptors (Lipinski definition) is 5. The molecule has 1 aromatic heterocycles. The standard InChI is InChI=1S/C23H21NO5S/c1-30(26,27)15-19-18-10-4-5-11-21(18)29-22(19)23(25)24-13-14-28-20-12-6-8-16-7-2-3-9-17(16)20/h2-12H,13-15H2,1H3,(H,24,25). The van der Waals surface area contributed by atoms with Gasteiger partial charge in [-0.3, -0.25) is 4.79 Å². The van der Waals surface area contributed by atoms with Crippen molar-refractivity contribution >= 4 is 37.5 Å². The molecule has 7 heteroatoms. The summed E-state index contributed by atoms with van der Waals surface area (Å²) in [5, 5.41) is 5.45. The summed E-state index contributed by atoms with van der Waals surface area (Å²) in [7, 11) is -3.34. The van der Waals surface area contributed by atoms with E-state index in [0.29, 0.717) is 16.5 Å². The fourth-order valence-corrected chi connectivity index (χ4v) is 4.23. The van der Waals surface area contributed by atoms with Crippen LogP contribution in [-0.4, -0.2) is 33.7 Å². The fraction of sp³-hybridized carbons (Fsp3) is 0.174. The third-order valence-corrected chi connectivity index (χ3v) is 5.52. The first-order chi connectivity index (χ1) is 14.4. The number of benzene rings is 3. The third-order valence-electron chi connectivity index (χ3n) is 4.71. The summed E-state index contributed by atoms with van der Waals surface area (Å²) in [6.07, 6.45) is 1.13. The number of rotatable bonds is 7. The highest BCUT2D eigenvalue weighted by atomic mass is 32.2. The van der Waals surface area contributed by atoms with Crippen LogP contribution < -0.4 is 10.1 Å². The van der Waals surface area contributed by atoms with Crippen LogP contribution in [0.5, 0.6) is 5.75 Å². The summed E-state index contributed by atoms with van der Waals surface area (Å²) in [6.45, 7) is 0.513. The van der Waals surface area contributed by atoms with Crippen LogP contribution in [0.2, 0.25) is 0 Å². The molecule has 0 bridgehead atoms. The van der Waals surface area contributed by atoms with Crippen molar-refractivity contribution < 1.29 is 22.4 Å². The van der Waals surface area contributed by atoms with Gasteiger partial charge in [-0.15, -0.1) is 0 Å². The van der Waals surface area contributed by atoms with Gasteiger partial charge in [0.1, 0.15) is 17.9 Å². The molecule has 4 rings (SSSR count). The van der Waals surface area contributed by atoms with Crippen LogP contribution in [0.15, 0.2) is 71.1 Å². The Kier molecular flexibility index (Phi) is 5.46. The Labute approximate surface area is 174 Å². The fourth-order valence-electron chi connectivity index (χ4n) is 3.42. The molecule has 0 aliphatic carbocycles. The van der Waals surface area contributed by atoms with Crippen LogP contribution in [0.1, 0.15) is 16.1 Å². The van der Waals surface area contributed by atoms with Gasteiger partial charge in [0.05, 0.1) is 12.3 Å². The Morgan fingerprint density at radius 3 is 2.47 bits per heavy atom. The van der Waals surface area contributed by atoms with Gasteiger partial charge < -0.3 is 14.5 Å². The molecule has 0 radical (unpaired) electrons. The molecule has 0 fully saturated rings. The number of hydrogen-bond donors (Lipinski definition) is 1. The van der Waals surface area contributed by atoms with E-state index in [2.05, 4.69) is 5.32 Å². The van der Waals surface area contributed by atoms with Crippen molar-refractivity contribution in [2.45, 2.75) is 5.75 Å². The molecule has 1 amide bonds. The maximum Gasteiger partial charge on any atom is 0.287 e. The average molecular weight is 423 g/mol. The number of para-hydroxylation sites is 1. The predicted molar refractivity (Wildman–Crippen MR) is 117 cm³/mol. The number of ether oxygens (including phenoxy) is 1. The van der Waals surface area contributed by atoms with Crippen LogP contribution in [0, 0.1) is 0 Å². The maximum absolute atomic E-state index is 12.7. The Morgan fingerprint density at radius 2 is 1.67 bits per heavy atom. The summed E-state index contributed by atoms with van der Waals surface area (Å²) in [5.74, 6) is 0.0289. The second-order valence-corrected chi connectivity index (χ2v) is 9.20. The molecular weight excluding hydrogens is 402 g/mol. The third kappa shape index (κ3) is 4.31. The summed E-state index contributed by atoms with van der Waals surface area (Å²) in [6, 6.07) is 20.7. The molecular formula is C23H21NO5S. The van der Waals surface area contributed by atoms with Gasteiger partial charge in [-0.2, -0.15) is 0 Å². The van der Waals surface area contributed by atoms with Crippen molar-refractivity contribution in [1.82, 2.24) is 5.32 Å². The molecule has 0 unspecified atom stereocenters. The topological polar surface area (TPSA) is 85.6 Å². The molecule has 154 valence electrons. The molecule has 6 nitrogen and oxygen atoms in total. The summed E-state index contributed by atoms with van der Waals surface area (Å²) in [4.78, 5) is 12.7. The van der Waals surface area contributed by atoms with E-state index in [-0.39, 0.29) is 24.7 Å². The maximum atomic E-state index is 12.7. The van der Waals surface area contributed by atoms with Gasteiger partial charge in [0.25, 0.3) is 5.91 Å². The molecule has 0 saturated heterocycles. The zero-order valence-electron chi connectivity index (χ0n) is 16.4. The zero-order valence-corrected chi connectivity index (χ0v) is 17.2. The lowest BCUT2D eigenvalue weighted by molar-refractivity contribution is 0.0920. The first-order valence-corrected chi connectivity index (χ1v) is 11.6. The van der Waals surface area contributed by atoms with Gasteiger partial charge in [-0.25, -0.2) is 8.42 Å². The molecule has 3 aromatic carbocycles. The van der Waals surface area contributed by atoms with E-state index in [1.165, 1.54) is 0 Å². The minimum atomic E-state index is -3.34. The quantitative estimate of drug-likeness (QED) is 0.455. The van der Waals surface area contributed by atoms with E-state index in [1.807, 2.05) is 42.5 Å². The van der Waals surface area contributed by atoms with Crippen molar-refractivity contribution in [1.29, 1.82) is 0 Å². The minimum Gasteiger partial charge on any atom is -0.491 e. The minimum absolute atomic E-state index is 0.0202. The second kappa shape index (κ2) is 8.20. The molecule has 0 saturated carbocycles. The Bertz CT molecular complexity index is 1320. The summed E-state index contributed by atoms with van der Waals surface area (Å²) >= 11 is 0. The lowest BCUT2D eigenvalue weighted by Gasteiger charge is -2.10. The number of carbonyl (C=O) groups is 1. The largest absolute Gasteiger partial charge is 0.491 e. The number of furan rings is 1. The van der Waals surface area contributed by atoms with Crippen molar-refractivity contribution in [3.05, 3.63) is 78.1 Å². The van der Waals surface area contributed by atoms with Crippen LogP contribution in [0.4, 0.5) is 0 Å². The van der Waals surface area contributed by atoms with E-state index < -0.39 is 15.7 Å². The van der Waals surface area contributed by atoms with Gasteiger partial charge >= 0.3 is 0 Å². The van der Waals surface area contributed by atoms with Crippen molar-refractivity contribution in [2.24, 2.45) is 0 Å². The van der Waals surface area contributed by atoms with Gasteiger partial charge in [-0.1, -0.05) is 54.6 Å². The number of carbonyl (C=O) groups excluding carboxylic acids is 1. The Balaban J connectivity index is 1.46. The molecule has 4 aromatic rings. The van der Waals surface area contributed by atoms with Gasteiger partial charge in [-0.05, 0) is 17.5 Å². The Hall–Kier alpha value is -3.32. The van der Waals surface area contributed by atoms with Crippen molar-refractivity contribution in [3.63, 3.8) is 0 Å². The van der Waals surface area contributed by atoms with Crippen LogP contribution in [-0.2, 0) is 15.6 Å². The molecule has 1 heterocycles. The molecule has 30 heavy (non-hydrogen) atoms. The van der Waals surface area contributed by atoms with Gasteiger partial charge in [0.2, 0.25) is 0 Å². The second-order valence-electron chi connectivity index (χ2n) is 7.06. The van der Waals surface area contributed by atoms with Crippen LogP contribution in [0.25, 0.3) is 21.7 Å². The number of nitrogens with one attached hydrogen (secondary N) is 1. The SMILES string of the molecule is CS(=O)(=O)Cc1c(C(=O)NCCOc2cccc3ccccc23)oc2ccccc12. The lowest BCUT2D eigenvalue weighted by atomic mass is 10.1. The average Bonchev–Trinajstić information content (AvgIpc) is 3.08. The van der Waals surface area contributed by atoms with Crippen molar-refractivity contribution in [2.75, 3.05) is 19.4 Å². The smallest absolute Gasteiger partial charge is 0.287 e. The Morgan fingerprint density at radius 1 is 0.967 bits per heavy atom. The summed E-state index contributed by atoms with van der Waals surface area (Å²) in [5.41, 5.74) is 0.855. The zero-order chi connectivity index (χ0) is 21.1. The number of amides is 1. The molecule has 0 spiro atoms. The highest BCUT2D eigenvalue weighted by Gasteiger charge is 2.23. The molecule has 1 N–H and O–H groups in total. The lowest BCUT2D eigenvalue weighted by Crippen LogP contribution is -2.28. The van der Waals surface area contributed by atoms with E-state index in [1.54, 1.807) is 24.3 Å². The highest BCUT2D eigenvalue weighted by Crippen LogP contribution is 2.28. The van der Waals surface area contributed by atoms with Gasteiger partial charge in [0, 0.05) is 22.6 Å². The highest BCUT2D eigenvalue weighted by molar-refractivity contribution is 7.89. The van der Waals surface area contributed by atoms with E-state index >= 15 is 0 Å². The van der Waals surface area contributed by atoms with Crippen LogP contribution >= 0.6 is 0 Å². The van der Waals surface area contributed by atoms with Crippen molar-refractivity contribution in [3.8, 4) is 5.75 Å². The van der Waals surface area contributed by atoms with E-state index in [4.69, 9.17) is 9.15 Å². The molecule has 0 aliphatic rings. The van der Waals surface area contributed by atoms with Crippen LogP contribution in [0.3, 0.4) is 0 Å². The summed E-state index contributed by atoms with van der Waals surface area (Å²) < 4.78 is 35.2. The predicted octanol–water partition coefficient (Wildman–Crippen LogP) is 3.94. The number of sulfone groups is 1. The first-order valence-electron chi connectivity index (χ1n) is 9.49. The molecule has 0 atom stereocenters. The first kappa shape index (κ1) is 20.0. The molecule has 0 aliphatic heterocycles. The van der Waals surface area contributed by atoms with E-state index in [0.717, 1.165) is 22.8 Å².